The van der Waals surface area contributed by atoms with Crippen molar-refractivity contribution in [2.75, 3.05) is 182 Å². The molecule has 0 saturated carbocycles. The van der Waals surface area contributed by atoms with Gasteiger partial charge in [0.05, 0.1) is 76.7 Å². The smallest absolute Gasteiger partial charge is 0.227 e. The summed E-state index contributed by atoms with van der Waals surface area (Å²) in [4.78, 5) is 70.9. The first-order chi connectivity index (χ1) is 56.1. The van der Waals surface area contributed by atoms with E-state index in [0.29, 0.717) is 78.8 Å². The van der Waals surface area contributed by atoms with Gasteiger partial charge >= 0.3 is 0 Å². The van der Waals surface area contributed by atoms with Crippen molar-refractivity contribution in [2.24, 2.45) is 11.3 Å². The van der Waals surface area contributed by atoms with E-state index >= 15 is 0 Å². The summed E-state index contributed by atoms with van der Waals surface area (Å²) in [6.45, 7) is 23.9. The zero-order valence-electron chi connectivity index (χ0n) is 67.0. The molecule has 0 radical (unpaired) electrons. The molecule has 5 aliphatic rings. The maximum atomic E-state index is 6.33. The molecule has 5 aliphatic heterocycles. The van der Waals surface area contributed by atoms with Gasteiger partial charge < -0.3 is 73.2 Å². The first kappa shape index (κ1) is 78.2. The molecule has 27 nitrogen and oxygen atoms in total. The molecule has 11 heterocycles. The molecule has 12 aromatic rings. The van der Waals surface area contributed by atoms with Crippen molar-refractivity contribution < 1.29 is 33.2 Å². The molecule has 17 rings (SSSR count). The van der Waals surface area contributed by atoms with Gasteiger partial charge in [0.1, 0.15) is 54.6 Å². The summed E-state index contributed by atoms with van der Waals surface area (Å²) >= 11 is 0. The SMILES string of the molecule is CN1CCC(COc2ccc3ncnc(N4CCN(c5ncc(Cc6ccccc6)c(N)n5)CC4)c3c2)CC1.COc1cc2c(N3CCN(c4ncc(Cc5ccccc5)cn4)CC3)ncnc2cc1OCC1(C)COC1.COc1cc2ncnc(N3CCN(c4ncc(OCc5ccc(C(C)(C)C)cc5)cn4)CC3)c2cc1OC. The van der Waals surface area contributed by atoms with Crippen LogP contribution < -0.4 is 63.6 Å². The number of likely N-dealkylation sites (tertiary alicyclic amines) is 1. The number of nitrogen functional groups attached to an aromatic ring is 1. The lowest BCUT2D eigenvalue weighted by Crippen LogP contribution is -2.47. The van der Waals surface area contributed by atoms with Crippen LogP contribution in [0.2, 0.25) is 0 Å². The summed E-state index contributed by atoms with van der Waals surface area (Å²) in [6.07, 6.45) is 18.0. The van der Waals surface area contributed by atoms with Crippen LogP contribution in [0.25, 0.3) is 32.7 Å². The number of piperidine rings is 1. The summed E-state index contributed by atoms with van der Waals surface area (Å²) in [5, 5.41) is 2.91. The van der Waals surface area contributed by atoms with E-state index in [0.717, 1.165) is 190 Å². The van der Waals surface area contributed by atoms with E-state index in [1.807, 2.05) is 79.3 Å². The number of piperazine rings is 3. The fourth-order valence-electron chi connectivity index (χ4n) is 14.9. The molecule has 0 aliphatic carbocycles. The summed E-state index contributed by atoms with van der Waals surface area (Å²) < 4.78 is 40.2. The van der Waals surface area contributed by atoms with Gasteiger partial charge in [-0.2, -0.15) is 4.98 Å². The van der Waals surface area contributed by atoms with Gasteiger partial charge in [-0.25, -0.2) is 54.8 Å². The number of benzene rings is 6. The van der Waals surface area contributed by atoms with Crippen LogP contribution in [-0.4, -0.2) is 211 Å². The molecule has 0 amide bonds. The average molecular weight is 1550 g/mol. The van der Waals surface area contributed by atoms with Crippen LogP contribution in [0.15, 0.2) is 177 Å². The van der Waals surface area contributed by atoms with Crippen LogP contribution in [0.4, 0.5) is 41.1 Å². The van der Waals surface area contributed by atoms with E-state index in [2.05, 4.69) is 196 Å². The van der Waals surface area contributed by atoms with Crippen molar-refractivity contribution in [3.8, 4) is 34.5 Å². The largest absolute Gasteiger partial charge is 0.493 e. The minimum Gasteiger partial charge on any atom is -0.493 e. The van der Waals surface area contributed by atoms with Gasteiger partial charge in [-0.15, -0.1) is 0 Å². The Morgan fingerprint density at radius 1 is 0.435 bits per heavy atom. The van der Waals surface area contributed by atoms with Crippen molar-refractivity contribution in [3.63, 3.8) is 0 Å². The van der Waals surface area contributed by atoms with Gasteiger partial charge in [0.25, 0.3) is 0 Å². The molecule has 5 fully saturated rings. The minimum atomic E-state index is 0.0441. The Bertz CT molecular complexity index is 5190. The maximum Gasteiger partial charge on any atom is 0.227 e. The fraction of sp³-hybridized carbons (Fsp3) is 0.386. The van der Waals surface area contributed by atoms with Gasteiger partial charge in [0, 0.05) is 149 Å². The molecule has 5 saturated heterocycles. The molecule has 6 aromatic carbocycles. The van der Waals surface area contributed by atoms with Crippen molar-refractivity contribution >= 4 is 73.8 Å². The Morgan fingerprint density at radius 3 is 1.42 bits per heavy atom. The molecule has 2 N–H and O–H groups in total. The Hall–Kier alpha value is -12.1. The number of anilines is 7. The van der Waals surface area contributed by atoms with Gasteiger partial charge in [0.2, 0.25) is 17.8 Å². The highest BCUT2D eigenvalue weighted by atomic mass is 16.5. The molecule has 0 atom stereocenters. The standard InChI is InChI=1S/C30H36N8O.C29H32N6O3.C29H34N6O3/c1-36-11-9-23(10-12-36)20-39-25-7-8-27-26(18-25)29(34-21-33-27)37-13-15-38(16-14-37)30-32-19-24(28(31)35-30)17-22-5-3-2-4-6-22;1-29(17-37-18-29)19-38-26-14-24-23(13-25(26)36-2)27(33-20-32-24)34-8-10-35(11-9-34)28-30-15-22(16-31-28)12-21-6-4-3-5-7-21;1-29(2,3)21-8-6-20(7-9-21)18-38-22-16-30-28(31-17-22)35-12-10-34(11-13-35)27-23-14-25(36-4)26(37-5)15-24(23)32-19-33-27/h2-8,18-19,21,23H,9-17,20H2,1H3,(H2,31,32,35);3-7,13-16,20H,8-12,17-19H2,1-2H3;6-9,14-17,19H,10-13,18H2,1-5H3. The lowest BCUT2D eigenvalue weighted by Gasteiger charge is -2.37. The summed E-state index contributed by atoms with van der Waals surface area (Å²) in [6, 6.07) is 43.1. The number of nitrogens with zero attached hydrogens (tertiary/aromatic N) is 19. The van der Waals surface area contributed by atoms with Gasteiger partial charge in [-0.05, 0) is 102 Å². The van der Waals surface area contributed by atoms with Crippen LogP contribution >= 0.6 is 0 Å². The van der Waals surface area contributed by atoms with E-state index in [1.54, 1.807) is 52.7 Å². The highest BCUT2D eigenvalue weighted by Gasteiger charge is 2.35. The fourth-order valence-corrected chi connectivity index (χ4v) is 14.9. The van der Waals surface area contributed by atoms with Crippen molar-refractivity contribution in [1.82, 2.24) is 64.7 Å². The Labute approximate surface area is 671 Å². The second kappa shape index (κ2) is 35.9. The quantitative estimate of drug-likeness (QED) is 0.0660. The number of aromatic nitrogens is 12. The highest BCUT2D eigenvalue weighted by Crippen LogP contribution is 2.39. The maximum absolute atomic E-state index is 6.33. The first-order valence-electron chi connectivity index (χ1n) is 39.6. The Kier molecular flexibility index (Phi) is 24.4. The van der Waals surface area contributed by atoms with Crippen LogP contribution in [0.3, 0.4) is 0 Å². The number of methoxy groups -OCH3 is 3. The second-order valence-corrected chi connectivity index (χ2v) is 31.3. The van der Waals surface area contributed by atoms with Gasteiger partial charge in [-0.3, -0.25) is 0 Å². The molecule has 6 aromatic heterocycles. The molecule has 0 spiro atoms. The van der Waals surface area contributed by atoms with Crippen molar-refractivity contribution in [1.29, 1.82) is 0 Å². The number of hydrogen-bond acceptors (Lipinski definition) is 27. The summed E-state index contributed by atoms with van der Waals surface area (Å²) in [7, 11) is 7.10. The lowest BCUT2D eigenvalue weighted by molar-refractivity contribution is -0.120. The van der Waals surface area contributed by atoms with Gasteiger partial charge in [-0.1, -0.05) is 113 Å². The third-order valence-corrected chi connectivity index (χ3v) is 21.9. The van der Waals surface area contributed by atoms with Gasteiger partial charge in [0.15, 0.2) is 28.7 Å². The van der Waals surface area contributed by atoms with E-state index in [4.69, 9.17) is 38.9 Å². The predicted octanol–water partition coefficient (Wildman–Crippen LogP) is 12.0. The molecule has 0 bridgehead atoms. The van der Waals surface area contributed by atoms with Crippen LogP contribution in [0, 0.1) is 11.3 Å². The van der Waals surface area contributed by atoms with Crippen LogP contribution in [0.1, 0.15) is 73.9 Å². The number of ether oxygens (including phenoxy) is 7. The van der Waals surface area contributed by atoms with E-state index in [9.17, 15) is 0 Å². The minimum absolute atomic E-state index is 0.0441. The third-order valence-electron chi connectivity index (χ3n) is 21.9. The monoisotopic (exact) mass is 1550 g/mol. The van der Waals surface area contributed by atoms with Crippen molar-refractivity contribution in [3.05, 3.63) is 211 Å². The molecule has 596 valence electrons. The van der Waals surface area contributed by atoms with Crippen molar-refractivity contribution in [2.45, 2.75) is 65.4 Å². The van der Waals surface area contributed by atoms with E-state index < -0.39 is 0 Å². The molecular formula is C88H102N20O7. The second-order valence-electron chi connectivity index (χ2n) is 31.3. The van der Waals surface area contributed by atoms with E-state index in [-0.39, 0.29) is 10.8 Å². The molecule has 0 unspecified atom stereocenters. The molecular weight excluding hydrogens is 1450 g/mol. The number of fused-ring (bicyclic) bond motifs is 3. The molecule has 27 heteroatoms. The Morgan fingerprint density at radius 2 is 0.904 bits per heavy atom. The van der Waals surface area contributed by atoms with Crippen LogP contribution in [-0.2, 0) is 29.6 Å². The lowest BCUT2D eigenvalue weighted by atomic mass is 9.87. The summed E-state index contributed by atoms with van der Waals surface area (Å²) in [5.41, 5.74) is 16.0. The average Bonchev–Trinajstić information content (AvgIpc) is 0.781. The normalized spacial score (nSPS) is 16.0. The first-order valence-corrected chi connectivity index (χ1v) is 39.6. The van der Waals surface area contributed by atoms with Crippen LogP contribution in [0.5, 0.6) is 34.5 Å². The highest BCUT2D eigenvalue weighted by molar-refractivity contribution is 5.94. The number of rotatable bonds is 22. The van der Waals surface area contributed by atoms with E-state index in [1.165, 1.54) is 29.5 Å². The zero-order valence-corrected chi connectivity index (χ0v) is 67.0. The molecule has 115 heavy (non-hydrogen) atoms. The number of nitrogens with two attached hydrogens (primary N) is 1. The third kappa shape index (κ3) is 19.2. The predicted molar refractivity (Wildman–Crippen MR) is 450 cm³/mol. The Balaban J connectivity index is 0.000000136. The summed E-state index contributed by atoms with van der Waals surface area (Å²) in [5.74, 6) is 10.3. The topological polar surface area (TPSA) is 268 Å². The zero-order chi connectivity index (χ0) is 79.3. The number of hydrogen-bond donors (Lipinski definition) is 1.